The molecule has 0 atom stereocenters. The van der Waals surface area contributed by atoms with Crippen LogP contribution in [0.5, 0.6) is 0 Å². The van der Waals surface area contributed by atoms with E-state index in [2.05, 4.69) is 4.99 Å². The van der Waals surface area contributed by atoms with Gasteiger partial charge in [-0.2, -0.15) is 0 Å². The van der Waals surface area contributed by atoms with Gasteiger partial charge >= 0.3 is 15.2 Å². The Kier molecular flexibility index (Phi) is 6.23. The van der Waals surface area contributed by atoms with Gasteiger partial charge in [-0.3, -0.25) is 9.13 Å². The topological polar surface area (TPSA) is 131 Å². The summed E-state index contributed by atoms with van der Waals surface area (Å²) in [5.74, 6) is 0. The van der Waals surface area contributed by atoms with Crippen LogP contribution >= 0.6 is 27.6 Å². The van der Waals surface area contributed by atoms with E-state index in [9.17, 15) is 9.13 Å². The van der Waals surface area contributed by atoms with Crippen molar-refractivity contribution in [1.82, 2.24) is 4.90 Å². The first-order valence-corrected chi connectivity index (χ1v) is 8.01. The zero-order chi connectivity index (χ0) is 13.3. The molecule has 1 heterocycles. The molecule has 18 heavy (non-hydrogen) atoms. The second-order valence-electron chi connectivity index (χ2n) is 3.74. The van der Waals surface area contributed by atoms with Gasteiger partial charge in [0.15, 0.2) is 5.40 Å². The van der Waals surface area contributed by atoms with Crippen molar-refractivity contribution in [3.8, 4) is 0 Å². The van der Waals surface area contributed by atoms with Gasteiger partial charge in [0.2, 0.25) is 0 Å². The van der Waals surface area contributed by atoms with Gasteiger partial charge < -0.3 is 24.5 Å². The van der Waals surface area contributed by atoms with Gasteiger partial charge in [-0.1, -0.05) is 0 Å². The molecule has 0 aromatic rings. The summed E-state index contributed by atoms with van der Waals surface area (Å²) in [5, 5.41) is -2.03. The lowest BCUT2D eigenvalue weighted by Gasteiger charge is -2.22. The van der Waals surface area contributed by atoms with Gasteiger partial charge in [0.25, 0.3) is 0 Å². The Morgan fingerprint density at radius 2 is 1.83 bits per heavy atom. The summed E-state index contributed by atoms with van der Waals surface area (Å²) in [7, 11) is -7.99. The Morgan fingerprint density at radius 1 is 1.33 bits per heavy atom. The number of allylic oxidation sites excluding steroid dienone is 1. The smallest absolute Gasteiger partial charge is 0.341 e. The second kappa shape index (κ2) is 6.30. The quantitative estimate of drug-likeness (QED) is 0.549. The molecule has 0 unspecified atom stereocenters. The second-order valence-corrected chi connectivity index (χ2v) is 7.75. The van der Waals surface area contributed by atoms with Crippen LogP contribution < -0.4 is 0 Å². The van der Waals surface area contributed by atoms with Crippen LogP contribution in [0.2, 0.25) is 0 Å². The monoisotopic (exact) mass is 320 g/mol. The van der Waals surface area contributed by atoms with Crippen molar-refractivity contribution in [2.24, 2.45) is 4.99 Å². The first kappa shape index (κ1) is 17.8. The molecule has 0 aliphatic carbocycles. The third-order valence-electron chi connectivity index (χ3n) is 2.20. The van der Waals surface area contributed by atoms with E-state index >= 15 is 0 Å². The van der Waals surface area contributed by atoms with Crippen molar-refractivity contribution in [3.05, 3.63) is 11.8 Å². The molecule has 1 aliphatic rings. The average molecular weight is 321 g/mol. The maximum atomic E-state index is 11.0. The van der Waals surface area contributed by atoms with Gasteiger partial charge in [-0.15, -0.1) is 12.4 Å². The highest BCUT2D eigenvalue weighted by Crippen LogP contribution is 2.62. The normalized spacial score (nSPS) is 16.6. The number of likely N-dealkylation sites (N-methyl/N-ethyl adjacent to an activating group) is 1. The molecule has 0 aromatic heterocycles. The molecule has 106 valence electrons. The van der Waals surface area contributed by atoms with Crippen LogP contribution in [0.25, 0.3) is 0 Å². The minimum atomic E-state index is -4.87. The highest BCUT2D eigenvalue weighted by molar-refractivity contribution is 7.70. The van der Waals surface area contributed by atoms with E-state index in [0.29, 0.717) is 6.54 Å². The Labute approximate surface area is 110 Å². The van der Waals surface area contributed by atoms with E-state index in [4.69, 9.17) is 19.6 Å². The minimum Gasteiger partial charge on any atom is -0.362 e. The number of nitrogens with zero attached hydrogens (tertiary/aromatic N) is 2. The average Bonchev–Trinajstić information content (AvgIpc) is 2.13. The molecular weight excluding hydrogens is 305 g/mol. The van der Waals surface area contributed by atoms with E-state index < -0.39 is 27.0 Å². The Hall–Kier alpha value is -0.200. The van der Waals surface area contributed by atoms with Gasteiger partial charge in [0, 0.05) is 25.7 Å². The van der Waals surface area contributed by atoms with Crippen LogP contribution in [0.15, 0.2) is 16.8 Å². The standard InChI is InChI=1S/C7H14N2O6P2.ClH/c1-9-3-2-6(8-5-9)4-7(16(10,11)12)17(13,14)15;/h2,5,7H,3-4H2,1H3,(H2,10,11,12)(H2,13,14,15);1H. The summed E-state index contributed by atoms with van der Waals surface area (Å²) in [6, 6.07) is 0. The lowest BCUT2D eigenvalue weighted by atomic mass is 10.3. The van der Waals surface area contributed by atoms with Crippen LogP contribution in [0.3, 0.4) is 0 Å². The predicted molar refractivity (Wildman–Crippen MR) is 68.9 cm³/mol. The predicted octanol–water partition coefficient (Wildman–Crippen LogP) is 0.337. The maximum absolute atomic E-state index is 11.0. The van der Waals surface area contributed by atoms with Crippen LogP contribution in [-0.2, 0) is 9.13 Å². The van der Waals surface area contributed by atoms with Crippen LogP contribution in [0.1, 0.15) is 6.42 Å². The zero-order valence-electron chi connectivity index (χ0n) is 9.45. The maximum Gasteiger partial charge on any atom is 0.341 e. The number of rotatable bonds is 4. The van der Waals surface area contributed by atoms with Crippen LogP contribution in [-0.4, -0.2) is 49.8 Å². The fourth-order valence-corrected chi connectivity index (χ4v) is 3.70. The number of hydrogen-bond donors (Lipinski definition) is 4. The highest BCUT2D eigenvalue weighted by Gasteiger charge is 2.43. The van der Waals surface area contributed by atoms with E-state index in [1.165, 1.54) is 6.34 Å². The fourth-order valence-electron chi connectivity index (χ4n) is 1.28. The first-order valence-electron chi connectivity index (χ1n) is 4.64. The van der Waals surface area contributed by atoms with Gasteiger partial charge in [-0.05, 0) is 6.08 Å². The first-order chi connectivity index (χ1) is 7.60. The molecule has 11 heteroatoms. The number of aliphatic imine (C=N–C) groups is 1. The molecule has 1 rings (SSSR count). The third-order valence-corrected chi connectivity index (χ3v) is 5.93. The summed E-state index contributed by atoms with van der Waals surface area (Å²) >= 11 is 0. The molecule has 0 amide bonds. The van der Waals surface area contributed by atoms with E-state index in [1.807, 2.05) is 0 Å². The van der Waals surface area contributed by atoms with E-state index in [-0.39, 0.29) is 18.1 Å². The van der Waals surface area contributed by atoms with Crippen molar-refractivity contribution in [2.75, 3.05) is 13.6 Å². The van der Waals surface area contributed by atoms with Gasteiger partial charge in [0.1, 0.15) is 0 Å². The summed E-state index contributed by atoms with van der Waals surface area (Å²) in [4.78, 5) is 41.3. The lowest BCUT2D eigenvalue weighted by Crippen LogP contribution is -2.20. The molecule has 0 saturated carbocycles. The minimum absolute atomic E-state index is 0. The van der Waals surface area contributed by atoms with Crippen molar-refractivity contribution in [3.63, 3.8) is 0 Å². The highest BCUT2D eigenvalue weighted by atomic mass is 35.5. The number of hydrogen-bond acceptors (Lipinski definition) is 4. The van der Waals surface area contributed by atoms with Crippen LogP contribution in [0, 0.1) is 0 Å². The molecule has 0 spiro atoms. The molecule has 0 fully saturated rings. The Morgan fingerprint density at radius 3 is 2.17 bits per heavy atom. The van der Waals surface area contributed by atoms with Crippen molar-refractivity contribution >= 4 is 33.9 Å². The molecule has 1 aliphatic heterocycles. The Balaban J connectivity index is 0.00000289. The summed E-state index contributed by atoms with van der Waals surface area (Å²) < 4.78 is 22.1. The molecule has 0 saturated heterocycles. The lowest BCUT2D eigenvalue weighted by molar-refractivity contribution is 0.337. The molecule has 0 radical (unpaired) electrons. The third kappa shape index (κ3) is 5.20. The molecular formula is C7H15ClN2O6P2. The summed E-state index contributed by atoms with van der Waals surface area (Å²) in [5.41, 5.74) is 0.264. The van der Waals surface area contributed by atoms with E-state index in [0.717, 1.165) is 0 Å². The fraction of sp³-hybridized carbons (Fsp3) is 0.571. The SMILES string of the molecule is CN1C=NC(CC(P(=O)(O)O)P(=O)(O)O)=CC1.Cl. The number of halogens is 1. The largest absolute Gasteiger partial charge is 0.362 e. The van der Waals surface area contributed by atoms with Crippen LogP contribution in [0.4, 0.5) is 0 Å². The molecule has 4 N–H and O–H groups in total. The van der Waals surface area contributed by atoms with Gasteiger partial charge in [0.05, 0.1) is 6.34 Å². The molecule has 0 aromatic carbocycles. The Bertz CT molecular complexity index is 419. The van der Waals surface area contributed by atoms with Crippen molar-refractivity contribution in [2.45, 2.75) is 11.8 Å². The zero-order valence-corrected chi connectivity index (χ0v) is 12.1. The summed E-state index contributed by atoms with van der Waals surface area (Å²) in [6.45, 7) is 0.480. The molecule has 8 nitrogen and oxygen atoms in total. The molecule has 0 bridgehead atoms. The van der Waals surface area contributed by atoms with Crippen molar-refractivity contribution < 1.29 is 28.7 Å². The van der Waals surface area contributed by atoms with E-state index in [1.54, 1.807) is 18.0 Å². The summed E-state index contributed by atoms with van der Waals surface area (Å²) in [6.07, 6.45) is 2.56. The van der Waals surface area contributed by atoms with Gasteiger partial charge in [-0.25, -0.2) is 4.99 Å². The van der Waals surface area contributed by atoms with Crippen molar-refractivity contribution in [1.29, 1.82) is 0 Å².